The van der Waals surface area contributed by atoms with Gasteiger partial charge in [0.2, 0.25) is 0 Å². The van der Waals surface area contributed by atoms with Crippen LogP contribution in [0.3, 0.4) is 0 Å². The molecule has 3 nitrogen and oxygen atoms in total. The number of anilines is 1. The molecule has 0 saturated heterocycles. The van der Waals surface area contributed by atoms with Crippen LogP contribution in [0, 0.1) is 0 Å². The first kappa shape index (κ1) is 14.0. The van der Waals surface area contributed by atoms with E-state index >= 15 is 0 Å². The molecular weight excluding hydrogens is 271 g/mol. The van der Waals surface area contributed by atoms with E-state index in [1.54, 1.807) is 31.4 Å². The Bertz CT molecular complexity index is 594. The molecule has 0 atom stereocenters. The Kier molecular flexibility index (Phi) is 3.74. The third kappa shape index (κ3) is 3.34. The van der Waals surface area contributed by atoms with Gasteiger partial charge in [0.15, 0.2) is 0 Å². The first-order valence-corrected chi connectivity index (χ1v) is 5.69. The number of halogens is 3. The van der Waals surface area contributed by atoms with Gasteiger partial charge in [0.05, 0.1) is 7.11 Å². The molecule has 2 aromatic carbocycles. The smallest absolute Gasteiger partial charge is 0.497 e. The number of methoxy groups -OCH3 is 1. The summed E-state index contributed by atoms with van der Waals surface area (Å²) in [7, 11) is 1.55. The van der Waals surface area contributed by atoms with Gasteiger partial charge in [0.25, 0.3) is 0 Å². The monoisotopic (exact) mass is 283 g/mol. The fourth-order valence-electron chi connectivity index (χ4n) is 1.77. The topological polar surface area (TPSA) is 44.5 Å². The number of hydrogen-bond donors (Lipinski definition) is 1. The van der Waals surface area contributed by atoms with Crippen molar-refractivity contribution in [3.8, 4) is 22.6 Å². The summed E-state index contributed by atoms with van der Waals surface area (Å²) in [6.45, 7) is 0. The van der Waals surface area contributed by atoms with Crippen LogP contribution < -0.4 is 15.2 Å². The Labute approximate surface area is 113 Å². The van der Waals surface area contributed by atoms with Crippen LogP contribution in [0.15, 0.2) is 42.5 Å². The quantitative estimate of drug-likeness (QED) is 0.870. The molecule has 106 valence electrons. The van der Waals surface area contributed by atoms with Crippen molar-refractivity contribution in [1.29, 1.82) is 0 Å². The van der Waals surface area contributed by atoms with Crippen LogP contribution in [0.1, 0.15) is 0 Å². The first-order chi connectivity index (χ1) is 9.39. The van der Waals surface area contributed by atoms with Crippen LogP contribution in [0.5, 0.6) is 11.5 Å². The van der Waals surface area contributed by atoms with Crippen molar-refractivity contribution in [3.63, 3.8) is 0 Å². The number of nitrogen functional groups attached to an aromatic ring is 1. The van der Waals surface area contributed by atoms with E-state index < -0.39 is 6.36 Å². The molecule has 0 spiro atoms. The van der Waals surface area contributed by atoms with E-state index in [0.717, 1.165) is 11.6 Å². The van der Waals surface area contributed by atoms with Crippen LogP contribution in [-0.4, -0.2) is 13.5 Å². The third-order valence-corrected chi connectivity index (χ3v) is 2.66. The van der Waals surface area contributed by atoms with Crippen molar-refractivity contribution in [2.24, 2.45) is 0 Å². The lowest BCUT2D eigenvalue weighted by atomic mass is 10.0. The lowest BCUT2D eigenvalue weighted by Crippen LogP contribution is -2.17. The van der Waals surface area contributed by atoms with Gasteiger partial charge in [-0.3, -0.25) is 0 Å². The molecule has 0 radical (unpaired) electrons. The van der Waals surface area contributed by atoms with Crippen molar-refractivity contribution in [2.45, 2.75) is 6.36 Å². The van der Waals surface area contributed by atoms with E-state index in [-0.39, 0.29) is 11.4 Å². The average molecular weight is 283 g/mol. The summed E-state index contributed by atoms with van der Waals surface area (Å²) in [6, 6.07) is 10.9. The Morgan fingerprint density at radius 2 is 1.55 bits per heavy atom. The zero-order valence-electron chi connectivity index (χ0n) is 10.6. The molecule has 2 rings (SSSR count). The van der Waals surface area contributed by atoms with Crippen LogP contribution in [0.2, 0.25) is 0 Å². The van der Waals surface area contributed by atoms with Gasteiger partial charge in [-0.1, -0.05) is 12.1 Å². The van der Waals surface area contributed by atoms with Crippen LogP contribution in [0.25, 0.3) is 11.1 Å². The molecular formula is C14H12F3NO2. The summed E-state index contributed by atoms with van der Waals surface area (Å²) in [5.41, 5.74) is 7.38. The highest BCUT2D eigenvalue weighted by molar-refractivity contribution is 5.77. The SMILES string of the molecule is COc1ccc(-c2ccc(OC(F)(F)F)cc2N)cc1. The van der Waals surface area contributed by atoms with Gasteiger partial charge in [-0.25, -0.2) is 0 Å². The summed E-state index contributed by atoms with van der Waals surface area (Å²) in [5.74, 6) is 0.344. The molecule has 0 saturated carbocycles. The second-order valence-corrected chi connectivity index (χ2v) is 4.03. The molecule has 0 heterocycles. The number of nitrogens with two attached hydrogens (primary N) is 1. The molecule has 0 bridgehead atoms. The molecule has 0 amide bonds. The molecule has 6 heteroatoms. The van der Waals surface area contributed by atoms with Crippen molar-refractivity contribution in [3.05, 3.63) is 42.5 Å². The van der Waals surface area contributed by atoms with Crippen molar-refractivity contribution < 1.29 is 22.6 Å². The van der Waals surface area contributed by atoms with E-state index in [2.05, 4.69) is 4.74 Å². The highest BCUT2D eigenvalue weighted by atomic mass is 19.4. The summed E-state index contributed by atoms with van der Waals surface area (Å²) in [6.07, 6.45) is -4.73. The van der Waals surface area contributed by atoms with Crippen LogP contribution in [-0.2, 0) is 0 Å². The van der Waals surface area contributed by atoms with Crippen LogP contribution >= 0.6 is 0 Å². The van der Waals surface area contributed by atoms with E-state index in [1.165, 1.54) is 12.1 Å². The minimum atomic E-state index is -4.73. The second-order valence-electron chi connectivity index (χ2n) is 4.03. The number of alkyl halides is 3. The van der Waals surface area contributed by atoms with Crippen molar-refractivity contribution in [2.75, 3.05) is 12.8 Å². The van der Waals surface area contributed by atoms with Gasteiger partial charge < -0.3 is 15.2 Å². The minimum Gasteiger partial charge on any atom is -0.497 e. The number of rotatable bonds is 3. The highest BCUT2D eigenvalue weighted by Gasteiger charge is 2.31. The normalized spacial score (nSPS) is 11.2. The van der Waals surface area contributed by atoms with Gasteiger partial charge >= 0.3 is 6.36 Å². The van der Waals surface area contributed by atoms with Crippen molar-refractivity contribution in [1.82, 2.24) is 0 Å². The van der Waals surface area contributed by atoms with E-state index in [1.807, 2.05) is 0 Å². The van der Waals surface area contributed by atoms with Gasteiger partial charge in [-0.05, 0) is 29.8 Å². The summed E-state index contributed by atoms with van der Waals surface area (Å²) < 4.78 is 45.2. The van der Waals surface area contributed by atoms with Crippen LogP contribution in [0.4, 0.5) is 18.9 Å². The fourth-order valence-corrected chi connectivity index (χ4v) is 1.77. The molecule has 20 heavy (non-hydrogen) atoms. The standard InChI is InChI=1S/C14H12F3NO2/c1-19-10-4-2-9(3-5-10)12-7-6-11(8-13(12)18)20-14(15,16)17/h2-8H,18H2,1H3. The zero-order valence-corrected chi connectivity index (χ0v) is 10.6. The zero-order chi connectivity index (χ0) is 14.8. The maximum absolute atomic E-state index is 12.1. The Hall–Kier alpha value is -2.37. The Balaban J connectivity index is 2.29. The van der Waals surface area contributed by atoms with Gasteiger partial charge in [-0.2, -0.15) is 0 Å². The highest BCUT2D eigenvalue weighted by Crippen LogP contribution is 2.32. The molecule has 0 aliphatic carbocycles. The summed E-state index contributed by atoms with van der Waals surface area (Å²) in [5, 5.41) is 0. The van der Waals surface area contributed by atoms with Gasteiger partial charge in [-0.15, -0.1) is 13.2 Å². The Morgan fingerprint density at radius 1 is 0.950 bits per heavy atom. The largest absolute Gasteiger partial charge is 0.573 e. The minimum absolute atomic E-state index is 0.205. The van der Waals surface area contributed by atoms with E-state index in [0.29, 0.717) is 11.3 Å². The number of benzene rings is 2. The summed E-state index contributed by atoms with van der Waals surface area (Å²) in [4.78, 5) is 0. The lowest BCUT2D eigenvalue weighted by molar-refractivity contribution is -0.274. The molecule has 0 aliphatic heterocycles. The maximum Gasteiger partial charge on any atom is 0.573 e. The summed E-state index contributed by atoms with van der Waals surface area (Å²) >= 11 is 0. The number of hydrogen-bond acceptors (Lipinski definition) is 3. The molecule has 0 fully saturated rings. The molecule has 2 N–H and O–H groups in total. The third-order valence-electron chi connectivity index (χ3n) is 2.66. The van der Waals surface area contributed by atoms with Gasteiger partial charge in [0, 0.05) is 17.3 Å². The Morgan fingerprint density at radius 3 is 2.05 bits per heavy atom. The van der Waals surface area contributed by atoms with E-state index in [4.69, 9.17) is 10.5 Å². The van der Waals surface area contributed by atoms with Crippen molar-refractivity contribution >= 4 is 5.69 Å². The first-order valence-electron chi connectivity index (χ1n) is 5.69. The maximum atomic E-state index is 12.1. The second kappa shape index (κ2) is 5.32. The molecule has 0 unspecified atom stereocenters. The number of ether oxygens (including phenoxy) is 2. The molecule has 0 aliphatic rings. The fraction of sp³-hybridized carbons (Fsp3) is 0.143. The average Bonchev–Trinajstić information content (AvgIpc) is 2.37. The molecule has 2 aromatic rings. The predicted octanol–water partition coefficient (Wildman–Crippen LogP) is 3.84. The van der Waals surface area contributed by atoms with Gasteiger partial charge in [0.1, 0.15) is 11.5 Å². The predicted molar refractivity (Wildman–Crippen MR) is 69.5 cm³/mol. The van der Waals surface area contributed by atoms with E-state index in [9.17, 15) is 13.2 Å². The lowest BCUT2D eigenvalue weighted by Gasteiger charge is -2.12. The molecule has 0 aromatic heterocycles.